The van der Waals surface area contributed by atoms with E-state index >= 15 is 0 Å². The zero-order chi connectivity index (χ0) is 14.9. The van der Waals surface area contributed by atoms with Crippen molar-refractivity contribution in [2.75, 3.05) is 7.05 Å². The highest BCUT2D eigenvalue weighted by atomic mass is 19.4. The fourth-order valence-corrected chi connectivity index (χ4v) is 1.64. The lowest BCUT2D eigenvalue weighted by Crippen LogP contribution is -2.40. The third-order valence-corrected chi connectivity index (χ3v) is 3.01. The fourth-order valence-electron chi connectivity index (χ4n) is 1.64. The van der Waals surface area contributed by atoms with E-state index in [0.29, 0.717) is 5.69 Å². The highest BCUT2D eigenvalue weighted by molar-refractivity contribution is 5.81. The molecule has 1 aromatic heterocycles. The number of hydrogen-bond donors (Lipinski definition) is 1. The Kier molecular flexibility index (Phi) is 3.94. The number of hydrazine groups is 1. The van der Waals surface area contributed by atoms with Crippen molar-refractivity contribution in [3.05, 3.63) is 29.6 Å². The number of alkyl halides is 4. The molecular formula is C12H13F4N3O. The van der Waals surface area contributed by atoms with Crippen molar-refractivity contribution < 1.29 is 22.4 Å². The Bertz CT molecular complexity index is 488. The maximum absolute atomic E-state index is 12.7. The summed E-state index contributed by atoms with van der Waals surface area (Å²) in [5, 5.41) is 1.14. The molecule has 4 nitrogen and oxygen atoms in total. The highest BCUT2D eigenvalue weighted by Crippen LogP contribution is 2.34. The Balaban J connectivity index is 1.86. The molecule has 2 atom stereocenters. The van der Waals surface area contributed by atoms with E-state index in [1.54, 1.807) is 0 Å². The van der Waals surface area contributed by atoms with E-state index in [0.717, 1.165) is 17.3 Å². The topological polar surface area (TPSA) is 45.2 Å². The number of pyridine rings is 1. The zero-order valence-electron chi connectivity index (χ0n) is 10.6. The summed E-state index contributed by atoms with van der Waals surface area (Å²) in [5.74, 6) is -0.975. The molecule has 0 bridgehead atoms. The predicted octanol–water partition coefficient (Wildman–Crippen LogP) is 1.92. The minimum atomic E-state index is -4.42. The summed E-state index contributed by atoms with van der Waals surface area (Å²) >= 11 is 0. The summed E-state index contributed by atoms with van der Waals surface area (Å²) in [6, 6.07) is 2.15. The average molecular weight is 291 g/mol. The number of amides is 1. The standard InChI is InChI=1S/C12H13F4N3O/c1-19(11(20)9-4-10(9)13)18-6-8-3-2-7(5-17-8)12(14,15)16/h2-3,5,9-10,18H,4,6H2,1H3/t9-,10+/m1/s1. The minimum absolute atomic E-state index is 0.0874. The Morgan fingerprint density at radius 2 is 2.15 bits per heavy atom. The van der Waals surface area contributed by atoms with Gasteiger partial charge in [-0.2, -0.15) is 13.2 Å². The van der Waals surface area contributed by atoms with Gasteiger partial charge in [0, 0.05) is 13.2 Å². The van der Waals surface area contributed by atoms with Crippen LogP contribution in [0.4, 0.5) is 17.6 Å². The van der Waals surface area contributed by atoms with Crippen molar-refractivity contribution in [1.82, 2.24) is 15.4 Å². The lowest BCUT2D eigenvalue weighted by atomic mass is 10.2. The number of nitrogens with zero attached hydrogens (tertiary/aromatic N) is 2. The summed E-state index contributed by atoms with van der Waals surface area (Å²) in [4.78, 5) is 15.2. The Hall–Kier alpha value is -1.70. The van der Waals surface area contributed by atoms with E-state index in [1.807, 2.05) is 0 Å². The molecule has 1 aliphatic carbocycles. The van der Waals surface area contributed by atoms with Crippen LogP contribution in [0.3, 0.4) is 0 Å². The van der Waals surface area contributed by atoms with Crippen LogP contribution >= 0.6 is 0 Å². The Labute approximate surface area is 112 Å². The van der Waals surface area contributed by atoms with Crippen LogP contribution in [-0.2, 0) is 17.5 Å². The van der Waals surface area contributed by atoms with Crippen LogP contribution in [0.2, 0.25) is 0 Å². The van der Waals surface area contributed by atoms with E-state index in [1.165, 1.54) is 13.1 Å². The summed E-state index contributed by atoms with van der Waals surface area (Å²) in [7, 11) is 1.44. The average Bonchev–Trinajstić information content (AvgIpc) is 3.11. The molecule has 1 aliphatic rings. The van der Waals surface area contributed by atoms with Crippen LogP contribution in [0.25, 0.3) is 0 Å². The molecule has 1 fully saturated rings. The van der Waals surface area contributed by atoms with Crippen molar-refractivity contribution in [1.29, 1.82) is 0 Å². The third-order valence-electron chi connectivity index (χ3n) is 3.01. The largest absolute Gasteiger partial charge is 0.417 e. The van der Waals surface area contributed by atoms with Gasteiger partial charge in [-0.1, -0.05) is 0 Å². The second kappa shape index (κ2) is 5.35. The quantitative estimate of drug-likeness (QED) is 0.681. The lowest BCUT2D eigenvalue weighted by Gasteiger charge is -2.18. The van der Waals surface area contributed by atoms with Gasteiger partial charge in [-0.15, -0.1) is 0 Å². The predicted molar refractivity (Wildman–Crippen MR) is 61.9 cm³/mol. The van der Waals surface area contributed by atoms with Gasteiger partial charge in [0.2, 0.25) is 5.91 Å². The van der Waals surface area contributed by atoms with Crippen molar-refractivity contribution in [3.63, 3.8) is 0 Å². The molecule has 1 aromatic rings. The molecule has 0 radical (unpaired) electrons. The first-order chi connectivity index (χ1) is 9.29. The fraction of sp³-hybridized carbons (Fsp3) is 0.500. The monoisotopic (exact) mass is 291 g/mol. The number of hydrogen-bond acceptors (Lipinski definition) is 3. The van der Waals surface area contributed by atoms with Crippen LogP contribution < -0.4 is 5.43 Å². The molecule has 2 rings (SSSR count). The smallest absolute Gasteiger partial charge is 0.280 e. The number of aromatic nitrogens is 1. The molecule has 20 heavy (non-hydrogen) atoms. The van der Waals surface area contributed by atoms with Crippen LogP contribution in [0.5, 0.6) is 0 Å². The van der Waals surface area contributed by atoms with Crippen molar-refractivity contribution in [2.24, 2.45) is 5.92 Å². The van der Waals surface area contributed by atoms with E-state index in [2.05, 4.69) is 10.4 Å². The summed E-state index contributed by atoms with van der Waals surface area (Å²) in [5.41, 5.74) is 2.19. The van der Waals surface area contributed by atoms with Crippen LogP contribution in [0.1, 0.15) is 17.7 Å². The normalized spacial score (nSPS) is 21.6. The van der Waals surface area contributed by atoms with Gasteiger partial charge in [0.1, 0.15) is 6.17 Å². The van der Waals surface area contributed by atoms with Gasteiger partial charge >= 0.3 is 6.18 Å². The number of rotatable bonds is 4. The number of halogens is 4. The van der Waals surface area contributed by atoms with Crippen molar-refractivity contribution in [3.8, 4) is 0 Å². The second-order valence-electron chi connectivity index (χ2n) is 4.63. The summed E-state index contributed by atoms with van der Waals surface area (Å²) in [6.07, 6.45) is -4.55. The van der Waals surface area contributed by atoms with E-state index in [9.17, 15) is 22.4 Å². The molecule has 1 heterocycles. The van der Waals surface area contributed by atoms with E-state index in [-0.39, 0.29) is 18.9 Å². The molecule has 1 amide bonds. The van der Waals surface area contributed by atoms with E-state index in [4.69, 9.17) is 0 Å². The van der Waals surface area contributed by atoms with Gasteiger partial charge in [-0.3, -0.25) is 14.8 Å². The number of carbonyl (C=O) groups is 1. The van der Waals surface area contributed by atoms with Gasteiger partial charge in [-0.25, -0.2) is 9.82 Å². The summed E-state index contributed by atoms with van der Waals surface area (Å²) in [6.45, 7) is 0.0874. The molecule has 8 heteroatoms. The second-order valence-corrected chi connectivity index (χ2v) is 4.63. The van der Waals surface area contributed by atoms with Crippen LogP contribution in [0.15, 0.2) is 18.3 Å². The molecule has 0 unspecified atom stereocenters. The Morgan fingerprint density at radius 1 is 1.50 bits per heavy atom. The van der Waals surface area contributed by atoms with E-state index < -0.39 is 23.8 Å². The molecule has 1 saturated carbocycles. The number of carbonyl (C=O) groups excluding carboxylic acids is 1. The highest BCUT2D eigenvalue weighted by Gasteiger charge is 2.45. The number of nitrogens with one attached hydrogen (secondary N) is 1. The summed E-state index contributed by atoms with van der Waals surface area (Å²) < 4.78 is 49.7. The van der Waals surface area contributed by atoms with Gasteiger partial charge in [0.05, 0.1) is 23.7 Å². The van der Waals surface area contributed by atoms with Crippen molar-refractivity contribution >= 4 is 5.91 Å². The van der Waals surface area contributed by atoms with Gasteiger partial charge < -0.3 is 0 Å². The first-order valence-corrected chi connectivity index (χ1v) is 5.96. The first-order valence-electron chi connectivity index (χ1n) is 5.96. The molecule has 110 valence electrons. The third kappa shape index (κ3) is 3.44. The minimum Gasteiger partial charge on any atom is -0.280 e. The SMILES string of the molecule is CN(NCc1ccc(C(F)(F)F)cn1)C(=O)[C@@H]1C[C@@H]1F. The molecule has 0 aliphatic heterocycles. The van der Waals surface area contributed by atoms with Gasteiger partial charge in [0.15, 0.2) is 0 Å². The molecule has 0 spiro atoms. The van der Waals surface area contributed by atoms with Crippen molar-refractivity contribution in [2.45, 2.75) is 25.3 Å². The van der Waals surface area contributed by atoms with Gasteiger partial charge in [0.25, 0.3) is 0 Å². The maximum atomic E-state index is 12.7. The molecular weight excluding hydrogens is 278 g/mol. The lowest BCUT2D eigenvalue weighted by molar-refractivity contribution is -0.137. The first kappa shape index (κ1) is 14.7. The van der Waals surface area contributed by atoms with Crippen LogP contribution in [-0.4, -0.2) is 29.1 Å². The molecule has 1 N–H and O–H groups in total. The maximum Gasteiger partial charge on any atom is 0.417 e. The Morgan fingerprint density at radius 3 is 2.60 bits per heavy atom. The van der Waals surface area contributed by atoms with Gasteiger partial charge in [-0.05, 0) is 18.6 Å². The van der Waals surface area contributed by atoms with Crippen LogP contribution in [0, 0.1) is 5.92 Å². The zero-order valence-corrected chi connectivity index (χ0v) is 10.6. The molecule has 0 aromatic carbocycles. The molecule has 0 saturated heterocycles.